The molecule has 186 valence electrons. The Morgan fingerprint density at radius 1 is 1.38 bits per heavy atom. The summed E-state index contributed by atoms with van der Waals surface area (Å²) in [4.78, 5) is 21.2. The number of aliphatic hydroxyl groups is 1. The Hall–Kier alpha value is -2.45. The molecule has 0 bridgehead atoms. The molecule has 4 N–H and O–H groups in total. The van der Waals surface area contributed by atoms with Crippen LogP contribution in [0.4, 0.5) is 10.2 Å². The van der Waals surface area contributed by atoms with Gasteiger partial charge in [0.1, 0.15) is 18.3 Å². The number of carbonyl (C=O) groups excluding carboxylic acids is 1. The summed E-state index contributed by atoms with van der Waals surface area (Å²) in [5.41, 5.74) is 0.616. The average Bonchev–Trinajstić information content (AvgIpc) is 3.38. The van der Waals surface area contributed by atoms with E-state index >= 15 is 0 Å². The Balaban J connectivity index is 1.44. The Kier molecular flexibility index (Phi) is 7.57. The number of halogens is 1. The molecule has 2 aliphatic rings. The number of aromatic nitrogens is 3. The quantitative estimate of drug-likeness (QED) is 0.423. The number of anilines is 1. The van der Waals surface area contributed by atoms with Gasteiger partial charge in [-0.1, -0.05) is 0 Å². The lowest BCUT2D eigenvalue weighted by atomic mass is 10.0. The van der Waals surface area contributed by atoms with E-state index in [1.54, 1.807) is 12.3 Å². The van der Waals surface area contributed by atoms with E-state index in [2.05, 4.69) is 19.5 Å². The average molecular weight is 498 g/mol. The van der Waals surface area contributed by atoms with Crippen molar-refractivity contribution >= 4 is 21.9 Å². The number of hydrogen-bond donors (Lipinski definition) is 3. The van der Waals surface area contributed by atoms with Gasteiger partial charge < -0.3 is 19.7 Å². The fourth-order valence-corrected chi connectivity index (χ4v) is 4.80. The zero-order valence-corrected chi connectivity index (χ0v) is 19.2. The molecule has 1 aliphatic heterocycles. The third-order valence-electron chi connectivity index (χ3n) is 6.30. The molecule has 34 heavy (non-hydrogen) atoms. The molecular weight excluding hydrogens is 469 g/mol. The van der Waals surface area contributed by atoms with Crippen LogP contribution in [0.5, 0.6) is 0 Å². The van der Waals surface area contributed by atoms with Crippen LogP contribution in [0.25, 0.3) is 0 Å². The van der Waals surface area contributed by atoms with Crippen molar-refractivity contribution in [3.63, 3.8) is 0 Å². The van der Waals surface area contributed by atoms with Crippen molar-refractivity contribution in [2.75, 3.05) is 25.1 Å². The molecule has 0 aromatic carbocycles. The maximum atomic E-state index is 14.7. The number of ether oxygens (including phenoxy) is 1. The van der Waals surface area contributed by atoms with Crippen molar-refractivity contribution < 1.29 is 31.6 Å². The van der Waals surface area contributed by atoms with Crippen molar-refractivity contribution in [2.45, 2.75) is 44.1 Å². The van der Waals surface area contributed by atoms with Crippen LogP contribution in [0.1, 0.15) is 35.2 Å². The number of aliphatic hydroxyl groups excluding tert-OH is 1. The highest BCUT2D eigenvalue weighted by Crippen LogP contribution is 2.32. The lowest BCUT2D eigenvalue weighted by Gasteiger charge is -2.22. The highest BCUT2D eigenvalue weighted by atomic mass is 32.2. The van der Waals surface area contributed by atoms with Gasteiger partial charge in [0.25, 0.3) is 0 Å². The number of nitrogens with one attached hydrogen (secondary N) is 1. The number of carbonyl (C=O) groups is 1. The normalized spacial score (nSPS) is 26.0. The number of nitrogens with zero attached hydrogens (tertiary/aromatic N) is 3. The second kappa shape index (κ2) is 10.4. The lowest BCUT2D eigenvalue weighted by Crippen LogP contribution is -2.33. The van der Waals surface area contributed by atoms with E-state index in [9.17, 15) is 22.7 Å². The van der Waals surface area contributed by atoms with Gasteiger partial charge in [0.05, 0.1) is 24.3 Å². The molecule has 4 rings (SSSR count). The summed E-state index contributed by atoms with van der Waals surface area (Å²) in [5.74, 6) is -0.504. The van der Waals surface area contributed by atoms with E-state index in [0.717, 1.165) is 32.6 Å². The summed E-state index contributed by atoms with van der Waals surface area (Å²) >= 11 is 0. The van der Waals surface area contributed by atoms with Crippen LogP contribution in [-0.2, 0) is 25.8 Å². The smallest absolute Gasteiger partial charge is 0.333 e. The van der Waals surface area contributed by atoms with Gasteiger partial charge in [-0.25, -0.2) is 19.5 Å². The van der Waals surface area contributed by atoms with Crippen molar-refractivity contribution in [2.24, 2.45) is 17.0 Å². The Bertz CT molecular complexity index is 1110. The van der Waals surface area contributed by atoms with E-state index < -0.39 is 41.1 Å². The molecule has 2 aromatic rings. The molecule has 13 heteroatoms. The van der Waals surface area contributed by atoms with E-state index in [-0.39, 0.29) is 23.6 Å². The molecule has 2 aromatic heterocycles. The molecule has 2 fully saturated rings. The van der Waals surface area contributed by atoms with Gasteiger partial charge in [-0.2, -0.15) is 8.42 Å². The van der Waals surface area contributed by atoms with E-state index in [0.29, 0.717) is 11.5 Å². The van der Waals surface area contributed by atoms with Crippen LogP contribution in [0.15, 0.2) is 31.0 Å². The minimum atomic E-state index is -4.21. The second-order valence-electron chi connectivity index (χ2n) is 8.73. The Morgan fingerprint density at radius 3 is 2.88 bits per heavy atom. The second-order valence-corrected chi connectivity index (χ2v) is 9.95. The molecule has 0 spiro atoms. The molecule has 0 amide bonds. The maximum absolute atomic E-state index is 14.7. The fourth-order valence-electron chi connectivity index (χ4n) is 4.44. The third-order valence-corrected chi connectivity index (χ3v) is 6.76. The molecule has 0 unspecified atom stereocenters. The van der Waals surface area contributed by atoms with Crippen molar-refractivity contribution in [1.29, 1.82) is 0 Å². The summed E-state index contributed by atoms with van der Waals surface area (Å²) in [5, 5.41) is 17.8. The predicted molar refractivity (Wildman–Crippen MR) is 119 cm³/mol. The standard InChI is InChI=1S/C21H28FN5O6S/c22-18-17(7-15(20(18)29)11-33-34(23,30)31)26-21-16(8-24-12-25-21)19(28)14-1-4-27(10-14)9-13-2-5-32-6-3-13/h1,4,8,10,12-13,15,17-18,20,29H,2-3,5-7,9,11H2,(H2,23,30,31)(H,24,25,26)/t15-,17-,18-,20-/m1/s1. The van der Waals surface area contributed by atoms with Crippen LogP contribution >= 0.6 is 0 Å². The first kappa shape index (κ1) is 24.7. The van der Waals surface area contributed by atoms with Gasteiger partial charge in [-0.15, -0.1) is 0 Å². The van der Waals surface area contributed by atoms with Gasteiger partial charge >= 0.3 is 10.3 Å². The van der Waals surface area contributed by atoms with E-state index in [1.165, 1.54) is 12.5 Å². The number of nitrogens with two attached hydrogens (primary N) is 1. The van der Waals surface area contributed by atoms with Crippen LogP contribution in [0.2, 0.25) is 0 Å². The van der Waals surface area contributed by atoms with Gasteiger partial charge in [0.2, 0.25) is 0 Å². The van der Waals surface area contributed by atoms with Crippen LogP contribution in [0, 0.1) is 11.8 Å². The summed E-state index contributed by atoms with van der Waals surface area (Å²) in [6.07, 6.45) is 5.02. The number of rotatable bonds is 9. The molecule has 11 nitrogen and oxygen atoms in total. The molecule has 4 atom stereocenters. The molecule has 0 radical (unpaired) electrons. The number of alkyl halides is 1. The van der Waals surface area contributed by atoms with Crippen molar-refractivity contribution in [3.8, 4) is 0 Å². The fraction of sp³-hybridized carbons (Fsp3) is 0.571. The Morgan fingerprint density at radius 2 is 2.15 bits per heavy atom. The molecule has 3 heterocycles. The molecule has 1 saturated carbocycles. The minimum absolute atomic E-state index is 0.0525. The number of hydrogen-bond acceptors (Lipinski definition) is 9. The van der Waals surface area contributed by atoms with Gasteiger partial charge in [-0.3, -0.25) is 8.98 Å². The first-order valence-electron chi connectivity index (χ1n) is 11.1. The van der Waals surface area contributed by atoms with Crippen molar-refractivity contribution in [1.82, 2.24) is 14.5 Å². The first-order chi connectivity index (χ1) is 16.2. The van der Waals surface area contributed by atoms with Gasteiger partial charge in [0.15, 0.2) is 5.78 Å². The summed E-state index contributed by atoms with van der Waals surface area (Å²) < 4.78 is 48.6. The van der Waals surface area contributed by atoms with Gasteiger partial charge in [0, 0.05) is 49.8 Å². The highest BCUT2D eigenvalue weighted by molar-refractivity contribution is 7.84. The minimum Gasteiger partial charge on any atom is -0.390 e. The van der Waals surface area contributed by atoms with Crippen LogP contribution in [-0.4, -0.2) is 72.0 Å². The zero-order valence-electron chi connectivity index (χ0n) is 18.4. The maximum Gasteiger partial charge on any atom is 0.333 e. The van der Waals surface area contributed by atoms with Crippen LogP contribution in [0.3, 0.4) is 0 Å². The summed E-state index contributed by atoms with van der Waals surface area (Å²) in [6, 6.07) is 0.805. The number of ketones is 1. The van der Waals surface area contributed by atoms with E-state index in [4.69, 9.17) is 9.88 Å². The Labute approximate surface area is 196 Å². The summed E-state index contributed by atoms with van der Waals surface area (Å²) in [7, 11) is -4.21. The molecule has 1 aliphatic carbocycles. The largest absolute Gasteiger partial charge is 0.390 e. The van der Waals surface area contributed by atoms with Gasteiger partial charge in [-0.05, 0) is 31.2 Å². The molecular formula is C21H28FN5O6S. The monoisotopic (exact) mass is 497 g/mol. The predicted octanol–water partition coefficient (Wildman–Crippen LogP) is 0.655. The summed E-state index contributed by atoms with van der Waals surface area (Å²) in [6.45, 7) is 1.83. The van der Waals surface area contributed by atoms with Crippen LogP contribution < -0.4 is 10.5 Å². The SMILES string of the molecule is NS(=O)(=O)OC[C@H]1C[C@@H](Nc2ncncc2C(=O)c2ccn(CC3CCOCC3)c2)[C@@H](F)[C@@H]1O. The van der Waals surface area contributed by atoms with E-state index in [1.807, 2.05) is 10.8 Å². The topological polar surface area (TPSA) is 159 Å². The molecule has 1 saturated heterocycles. The first-order valence-corrected chi connectivity index (χ1v) is 12.5. The lowest BCUT2D eigenvalue weighted by molar-refractivity contribution is 0.0501. The zero-order chi connectivity index (χ0) is 24.3. The van der Waals surface area contributed by atoms with Crippen molar-refractivity contribution in [3.05, 3.63) is 42.1 Å². The third kappa shape index (κ3) is 5.96. The highest BCUT2D eigenvalue weighted by Gasteiger charge is 2.44.